The minimum absolute atomic E-state index is 0.109. The first-order chi connectivity index (χ1) is 9.52. The summed E-state index contributed by atoms with van der Waals surface area (Å²) in [5, 5.41) is 2.73. The molecule has 108 valence electrons. The van der Waals surface area contributed by atoms with Gasteiger partial charge in [-0.15, -0.1) is 0 Å². The van der Waals surface area contributed by atoms with Crippen LogP contribution in [0.25, 0.3) is 0 Å². The molecule has 2 rings (SSSR count). The van der Waals surface area contributed by atoms with Crippen molar-refractivity contribution in [2.75, 3.05) is 13.7 Å². The van der Waals surface area contributed by atoms with E-state index < -0.39 is 6.04 Å². The predicted molar refractivity (Wildman–Crippen MR) is 75.6 cm³/mol. The summed E-state index contributed by atoms with van der Waals surface area (Å²) in [6.45, 7) is 4.26. The van der Waals surface area contributed by atoms with Gasteiger partial charge < -0.3 is 10.1 Å². The van der Waals surface area contributed by atoms with Gasteiger partial charge in [0.1, 0.15) is 11.8 Å². The van der Waals surface area contributed by atoms with Crippen molar-refractivity contribution >= 4 is 11.9 Å². The van der Waals surface area contributed by atoms with Crippen LogP contribution >= 0.6 is 0 Å². The van der Waals surface area contributed by atoms with Crippen LogP contribution in [0.4, 0.5) is 4.79 Å². The van der Waals surface area contributed by atoms with Crippen molar-refractivity contribution in [1.82, 2.24) is 10.2 Å². The van der Waals surface area contributed by atoms with Gasteiger partial charge in [0.2, 0.25) is 0 Å². The van der Waals surface area contributed by atoms with E-state index in [0.717, 1.165) is 11.3 Å². The van der Waals surface area contributed by atoms with Crippen molar-refractivity contribution < 1.29 is 14.3 Å². The van der Waals surface area contributed by atoms with Gasteiger partial charge in [-0.25, -0.2) is 4.79 Å². The number of amides is 3. The van der Waals surface area contributed by atoms with E-state index >= 15 is 0 Å². The Labute approximate surface area is 118 Å². The van der Waals surface area contributed by atoms with Crippen LogP contribution < -0.4 is 10.1 Å². The Morgan fingerprint density at radius 2 is 1.90 bits per heavy atom. The van der Waals surface area contributed by atoms with Crippen molar-refractivity contribution in [2.24, 2.45) is 5.92 Å². The smallest absolute Gasteiger partial charge is 0.324 e. The zero-order valence-corrected chi connectivity index (χ0v) is 12.1. The van der Waals surface area contributed by atoms with Gasteiger partial charge in [0, 0.05) is 6.54 Å². The zero-order chi connectivity index (χ0) is 14.7. The number of rotatable bonds is 5. The van der Waals surface area contributed by atoms with Gasteiger partial charge in [-0.2, -0.15) is 0 Å². The Bertz CT molecular complexity index is 496. The monoisotopic (exact) mass is 276 g/mol. The molecule has 1 saturated heterocycles. The van der Waals surface area contributed by atoms with Crippen molar-refractivity contribution in [3.63, 3.8) is 0 Å². The molecule has 0 aromatic heterocycles. The number of imide groups is 1. The highest BCUT2D eigenvalue weighted by atomic mass is 16.5. The lowest BCUT2D eigenvalue weighted by molar-refractivity contribution is -0.128. The SMILES string of the molecule is COc1ccc(CCN2C(=O)N[C@H](C(C)C)C2=O)cc1. The Hall–Kier alpha value is -2.04. The van der Waals surface area contributed by atoms with E-state index in [1.165, 1.54) is 4.90 Å². The largest absolute Gasteiger partial charge is 0.497 e. The van der Waals surface area contributed by atoms with Crippen LogP contribution in [0.1, 0.15) is 19.4 Å². The van der Waals surface area contributed by atoms with Crippen molar-refractivity contribution in [3.05, 3.63) is 29.8 Å². The number of methoxy groups -OCH3 is 1. The van der Waals surface area contributed by atoms with Crippen molar-refractivity contribution in [1.29, 1.82) is 0 Å². The fourth-order valence-electron chi connectivity index (χ4n) is 2.24. The second kappa shape index (κ2) is 5.94. The molecule has 1 heterocycles. The van der Waals surface area contributed by atoms with Crippen LogP contribution in [0.2, 0.25) is 0 Å². The van der Waals surface area contributed by atoms with Gasteiger partial charge in [0.15, 0.2) is 0 Å². The Morgan fingerprint density at radius 3 is 2.40 bits per heavy atom. The Balaban J connectivity index is 1.96. The fraction of sp³-hybridized carbons (Fsp3) is 0.467. The second-order valence-electron chi connectivity index (χ2n) is 5.26. The number of carbonyl (C=O) groups is 2. The molecule has 0 spiro atoms. The number of carbonyl (C=O) groups excluding carboxylic acids is 2. The minimum atomic E-state index is -0.390. The molecule has 0 unspecified atom stereocenters. The molecule has 1 atom stereocenters. The molecule has 1 N–H and O–H groups in total. The number of hydrogen-bond donors (Lipinski definition) is 1. The summed E-state index contributed by atoms with van der Waals surface area (Å²) >= 11 is 0. The average molecular weight is 276 g/mol. The first-order valence-corrected chi connectivity index (χ1v) is 6.77. The molecule has 0 bridgehead atoms. The summed E-state index contributed by atoms with van der Waals surface area (Å²) < 4.78 is 5.09. The van der Waals surface area contributed by atoms with E-state index in [9.17, 15) is 9.59 Å². The topological polar surface area (TPSA) is 58.6 Å². The van der Waals surface area contributed by atoms with E-state index in [2.05, 4.69) is 5.32 Å². The number of nitrogens with zero attached hydrogens (tertiary/aromatic N) is 1. The number of benzene rings is 1. The number of nitrogens with one attached hydrogen (secondary N) is 1. The van der Waals surface area contributed by atoms with Gasteiger partial charge in [0.25, 0.3) is 5.91 Å². The third kappa shape index (κ3) is 2.92. The molecule has 5 nitrogen and oxygen atoms in total. The van der Waals surface area contributed by atoms with E-state index in [4.69, 9.17) is 4.74 Å². The average Bonchev–Trinajstić information content (AvgIpc) is 2.72. The Kier molecular flexibility index (Phi) is 4.27. The normalized spacial score (nSPS) is 18.6. The van der Waals surface area contributed by atoms with Gasteiger partial charge in [0.05, 0.1) is 7.11 Å². The first-order valence-electron chi connectivity index (χ1n) is 6.77. The highest BCUT2D eigenvalue weighted by Crippen LogP contribution is 2.16. The summed E-state index contributed by atoms with van der Waals surface area (Å²) in [7, 11) is 1.62. The van der Waals surface area contributed by atoms with Gasteiger partial charge in [-0.3, -0.25) is 9.69 Å². The van der Waals surface area contributed by atoms with Crippen LogP contribution in [0.15, 0.2) is 24.3 Å². The lowest BCUT2D eigenvalue weighted by atomic mass is 10.0. The maximum Gasteiger partial charge on any atom is 0.324 e. The maximum atomic E-state index is 12.1. The summed E-state index contributed by atoms with van der Waals surface area (Å²) in [6.07, 6.45) is 0.647. The second-order valence-corrected chi connectivity index (χ2v) is 5.26. The number of urea groups is 1. The Morgan fingerprint density at radius 1 is 1.25 bits per heavy atom. The van der Waals surface area contributed by atoms with E-state index in [-0.39, 0.29) is 17.9 Å². The van der Waals surface area contributed by atoms with Gasteiger partial charge in [-0.05, 0) is 30.0 Å². The molecular formula is C15H20N2O3. The molecule has 1 aliphatic heterocycles. The quantitative estimate of drug-likeness (QED) is 0.834. The molecule has 3 amide bonds. The van der Waals surface area contributed by atoms with Crippen LogP contribution in [0.5, 0.6) is 5.75 Å². The third-order valence-corrected chi connectivity index (χ3v) is 3.51. The molecule has 1 aromatic rings. The summed E-state index contributed by atoms with van der Waals surface area (Å²) in [4.78, 5) is 25.2. The van der Waals surface area contributed by atoms with E-state index in [1.807, 2.05) is 38.1 Å². The van der Waals surface area contributed by atoms with E-state index in [0.29, 0.717) is 13.0 Å². The van der Waals surface area contributed by atoms with Gasteiger partial charge >= 0.3 is 6.03 Å². The third-order valence-electron chi connectivity index (χ3n) is 3.51. The zero-order valence-electron chi connectivity index (χ0n) is 12.1. The summed E-state index contributed by atoms with van der Waals surface area (Å²) in [6, 6.07) is 6.95. The van der Waals surface area contributed by atoms with E-state index in [1.54, 1.807) is 7.11 Å². The summed E-state index contributed by atoms with van der Waals surface area (Å²) in [5.74, 6) is 0.777. The highest BCUT2D eigenvalue weighted by Gasteiger charge is 2.38. The molecular weight excluding hydrogens is 256 g/mol. The first kappa shape index (κ1) is 14.4. The molecule has 20 heavy (non-hydrogen) atoms. The highest BCUT2D eigenvalue weighted by molar-refractivity contribution is 6.04. The van der Waals surface area contributed by atoms with Crippen molar-refractivity contribution in [2.45, 2.75) is 26.3 Å². The van der Waals surface area contributed by atoms with Crippen molar-refractivity contribution in [3.8, 4) is 5.75 Å². The maximum absolute atomic E-state index is 12.1. The molecule has 1 aliphatic rings. The van der Waals surface area contributed by atoms with Crippen LogP contribution in [-0.4, -0.2) is 36.5 Å². The lowest BCUT2D eigenvalue weighted by Crippen LogP contribution is -2.35. The molecule has 0 radical (unpaired) electrons. The minimum Gasteiger partial charge on any atom is -0.497 e. The molecule has 1 aromatic carbocycles. The van der Waals surface area contributed by atoms with Crippen LogP contribution in [0, 0.1) is 5.92 Å². The lowest BCUT2D eigenvalue weighted by Gasteiger charge is -2.14. The molecule has 5 heteroatoms. The number of ether oxygens (including phenoxy) is 1. The molecule has 1 fully saturated rings. The molecule has 0 aliphatic carbocycles. The predicted octanol–water partition coefficient (Wildman–Crippen LogP) is 1.81. The standard InChI is InChI=1S/C15H20N2O3/c1-10(2)13-14(18)17(15(19)16-13)9-8-11-4-6-12(20-3)7-5-11/h4-7,10,13H,8-9H2,1-3H3,(H,16,19)/t13-/m1/s1. The van der Waals surface area contributed by atoms with Crippen LogP contribution in [0.3, 0.4) is 0 Å². The van der Waals surface area contributed by atoms with Crippen LogP contribution in [-0.2, 0) is 11.2 Å². The molecule has 0 saturated carbocycles. The van der Waals surface area contributed by atoms with Gasteiger partial charge in [-0.1, -0.05) is 26.0 Å². The summed E-state index contributed by atoms with van der Waals surface area (Å²) in [5.41, 5.74) is 1.07. The fourth-order valence-corrected chi connectivity index (χ4v) is 2.24. The number of hydrogen-bond acceptors (Lipinski definition) is 3.